The van der Waals surface area contributed by atoms with Crippen molar-refractivity contribution < 1.29 is 31.5 Å². The first-order chi connectivity index (χ1) is 18.2. The van der Waals surface area contributed by atoms with Crippen molar-refractivity contribution in [2.45, 2.75) is 18.9 Å². The molecule has 38 heavy (non-hydrogen) atoms. The second-order valence-electron chi connectivity index (χ2n) is 8.59. The number of piperidine rings is 1. The van der Waals surface area contributed by atoms with Crippen molar-refractivity contribution in [3.63, 3.8) is 0 Å². The van der Waals surface area contributed by atoms with E-state index in [9.17, 15) is 22.4 Å². The zero-order valence-corrected chi connectivity index (χ0v) is 19.8. The van der Waals surface area contributed by atoms with Gasteiger partial charge in [0.1, 0.15) is 29.4 Å². The van der Waals surface area contributed by atoms with Crippen molar-refractivity contribution in [1.29, 1.82) is 0 Å². The zero-order valence-electron chi connectivity index (χ0n) is 19.8. The Kier molecular flexibility index (Phi) is 6.46. The van der Waals surface area contributed by atoms with Crippen LogP contribution in [0.4, 0.5) is 32.6 Å². The van der Waals surface area contributed by atoms with Gasteiger partial charge in [0, 0.05) is 37.8 Å². The predicted octanol–water partition coefficient (Wildman–Crippen LogP) is 4.54. The number of nitrogens with one attached hydrogen (secondary N) is 1. The standard InChI is InChI=1S/C24H20F5N7O2/c1-31-24(37)35-6-2-3-11(9-35)36-23-17(22(30)32-10-33-23)20(34-36)13-5-4-12(7-14(13)25)38-21-18(28)15(26)8-16(27)19(21)29/h4-5,7-8,10-11H,2-3,6,9H2,1H3,(H,31,37)(H2,30,32,33). The molecule has 0 saturated carbocycles. The molecule has 0 radical (unpaired) electrons. The third-order valence-electron chi connectivity index (χ3n) is 6.25. The molecule has 0 spiro atoms. The molecule has 1 atom stereocenters. The molecule has 14 heteroatoms. The van der Waals surface area contributed by atoms with Crippen LogP contribution in [0.3, 0.4) is 0 Å². The molecule has 1 aliphatic rings. The average Bonchev–Trinajstić information content (AvgIpc) is 3.30. The molecule has 2 aromatic carbocycles. The maximum Gasteiger partial charge on any atom is 0.317 e. The number of nitrogen functional groups attached to an aromatic ring is 1. The van der Waals surface area contributed by atoms with Gasteiger partial charge in [-0.2, -0.15) is 13.9 Å². The van der Waals surface area contributed by atoms with Crippen LogP contribution in [0.2, 0.25) is 0 Å². The number of ether oxygens (including phenoxy) is 1. The summed E-state index contributed by atoms with van der Waals surface area (Å²) in [6, 6.07) is 2.66. The summed E-state index contributed by atoms with van der Waals surface area (Å²) in [5, 5.41) is 7.42. The van der Waals surface area contributed by atoms with Crippen LogP contribution in [0.1, 0.15) is 18.9 Å². The van der Waals surface area contributed by atoms with Crippen molar-refractivity contribution >= 4 is 22.9 Å². The van der Waals surface area contributed by atoms with E-state index in [-0.39, 0.29) is 40.6 Å². The summed E-state index contributed by atoms with van der Waals surface area (Å²) in [5.41, 5.74) is 6.46. The predicted molar refractivity (Wildman–Crippen MR) is 126 cm³/mol. The molecule has 2 aromatic heterocycles. The maximum atomic E-state index is 15.3. The number of hydrogen-bond acceptors (Lipinski definition) is 6. The summed E-state index contributed by atoms with van der Waals surface area (Å²) in [6.45, 7) is 0.891. The van der Waals surface area contributed by atoms with E-state index in [1.54, 1.807) is 9.58 Å². The second kappa shape index (κ2) is 9.76. The molecule has 3 heterocycles. The molecule has 5 rings (SSSR count). The molecule has 4 aromatic rings. The van der Waals surface area contributed by atoms with Gasteiger partial charge in [0.15, 0.2) is 17.3 Å². The summed E-state index contributed by atoms with van der Waals surface area (Å²) < 4.78 is 76.9. The van der Waals surface area contributed by atoms with Gasteiger partial charge in [0.2, 0.25) is 17.4 Å². The number of likely N-dealkylation sites (tertiary alicyclic amines) is 1. The van der Waals surface area contributed by atoms with Crippen LogP contribution in [0.15, 0.2) is 30.6 Å². The molecule has 1 unspecified atom stereocenters. The van der Waals surface area contributed by atoms with E-state index in [4.69, 9.17) is 10.5 Å². The number of carbonyl (C=O) groups excluding carboxylic acids is 1. The highest BCUT2D eigenvalue weighted by Crippen LogP contribution is 2.37. The largest absolute Gasteiger partial charge is 0.451 e. The molecule has 9 nitrogen and oxygen atoms in total. The SMILES string of the molecule is CNC(=O)N1CCCC(n2nc(-c3ccc(Oc4c(F)c(F)cc(F)c4F)cc3F)c3c(N)ncnc32)C1. The maximum absolute atomic E-state index is 15.3. The Labute approximate surface area is 212 Å². The molecule has 0 aliphatic carbocycles. The number of nitrogens with two attached hydrogens (primary N) is 1. The van der Waals surface area contributed by atoms with Gasteiger partial charge in [-0.25, -0.2) is 32.6 Å². The van der Waals surface area contributed by atoms with E-state index >= 15 is 4.39 Å². The van der Waals surface area contributed by atoms with Crippen LogP contribution < -0.4 is 15.8 Å². The fourth-order valence-electron chi connectivity index (χ4n) is 4.45. The number of fused-ring (bicyclic) bond motifs is 1. The number of halogens is 5. The lowest BCUT2D eigenvalue weighted by molar-refractivity contribution is 0.166. The fraction of sp³-hybridized carbons (Fsp3) is 0.250. The first-order valence-electron chi connectivity index (χ1n) is 11.5. The van der Waals surface area contributed by atoms with Crippen LogP contribution in [0, 0.1) is 29.1 Å². The van der Waals surface area contributed by atoms with E-state index in [2.05, 4.69) is 20.4 Å². The number of rotatable bonds is 4. The van der Waals surface area contributed by atoms with Crippen LogP contribution in [-0.4, -0.2) is 50.8 Å². The van der Waals surface area contributed by atoms with Gasteiger partial charge >= 0.3 is 6.03 Å². The van der Waals surface area contributed by atoms with E-state index in [1.807, 2.05) is 0 Å². The lowest BCUT2D eigenvalue weighted by Crippen LogP contribution is -2.45. The molecule has 198 valence electrons. The van der Waals surface area contributed by atoms with Gasteiger partial charge in [0.05, 0.1) is 11.4 Å². The Morgan fingerprint density at radius 3 is 2.50 bits per heavy atom. The molecule has 3 N–H and O–H groups in total. The van der Waals surface area contributed by atoms with E-state index < -0.39 is 40.6 Å². The van der Waals surface area contributed by atoms with Gasteiger partial charge in [-0.3, -0.25) is 0 Å². The van der Waals surface area contributed by atoms with Crippen molar-refractivity contribution in [1.82, 2.24) is 30.0 Å². The summed E-state index contributed by atoms with van der Waals surface area (Å²) in [5.74, 6) is -9.51. The zero-order chi connectivity index (χ0) is 27.1. The second-order valence-corrected chi connectivity index (χ2v) is 8.59. The molecule has 0 bridgehead atoms. The third kappa shape index (κ3) is 4.31. The van der Waals surface area contributed by atoms with Gasteiger partial charge < -0.3 is 20.7 Å². The third-order valence-corrected chi connectivity index (χ3v) is 6.25. The molecule has 2 amide bonds. The Hall–Kier alpha value is -4.49. The Morgan fingerprint density at radius 1 is 1.08 bits per heavy atom. The fourth-order valence-corrected chi connectivity index (χ4v) is 4.45. The lowest BCUT2D eigenvalue weighted by Gasteiger charge is -2.32. The Balaban J connectivity index is 1.54. The molecule has 1 saturated heterocycles. The number of aromatic nitrogens is 4. The van der Waals surface area contributed by atoms with Crippen molar-refractivity contribution in [2.24, 2.45) is 0 Å². The van der Waals surface area contributed by atoms with Gasteiger partial charge in [0.25, 0.3) is 0 Å². The number of carbonyl (C=O) groups is 1. The summed E-state index contributed by atoms with van der Waals surface area (Å²) in [7, 11) is 1.53. The van der Waals surface area contributed by atoms with Crippen molar-refractivity contribution in [2.75, 3.05) is 25.9 Å². The first-order valence-corrected chi connectivity index (χ1v) is 11.5. The molecule has 1 fully saturated rings. The van der Waals surface area contributed by atoms with E-state index in [1.165, 1.54) is 19.4 Å². The monoisotopic (exact) mass is 533 g/mol. The average molecular weight is 533 g/mol. The van der Waals surface area contributed by atoms with Crippen LogP contribution >= 0.6 is 0 Å². The highest BCUT2D eigenvalue weighted by Gasteiger charge is 2.29. The number of amides is 2. The van der Waals surface area contributed by atoms with Crippen molar-refractivity contribution in [3.8, 4) is 22.8 Å². The molecular formula is C24H20F5N7O2. The molecular weight excluding hydrogens is 513 g/mol. The smallest absolute Gasteiger partial charge is 0.317 e. The van der Waals surface area contributed by atoms with E-state index in [0.29, 0.717) is 31.6 Å². The summed E-state index contributed by atoms with van der Waals surface area (Å²) >= 11 is 0. The number of hydrogen-bond donors (Lipinski definition) is 2. The summed E-state index contributed by atoms with van der Waals surface area (Å²) in [4.78, 5) is 22.1. The Morgan fingerprint density at radius 2 is 1.82 bits per heavy atom. The van der Waals surface area contributed by atoms with Crippen LogP contribution in [0.25, 0.3) is 22.3 Å². The van der Waals surface area contributed by atoms with Crippen LogP contribution in [0.5, 0.6) is 11.5 Å². The first kappa shape index (κ1) is 25.2. The number of anilines is 1. The van der Waals surface area contributed by atoms with E-state index in [0.717, 1.165) is 12.1 Å². The number of nitrogens with zero attached hydrogens (tertiary/aromatic N) is 5. The minimum Gasteiger partial charge on any atom is -0.451 e. The normalized spacial score (nSPS) is 15.6. The lowest BCUT2D eigenvalue weighted by atomic mass is 10.1. The van der Waals surface area contributed by atoms with Gasteiger partial charge in [-0.05, 0) is 25.0 Å². The minimum absolute atomic E-state index is 0.0364. The molecule has 1 aliphatic heterocycles. The van der Waals surface area contributed by atoms with Crippen molar-refractivity contribution in [3.05, 3.63) is 59.7 Å². The van der Waals surface area contributed by atoms with Gasteiger partial charge in [-0.15, -0.1) is 0 Å². The quantitative estimate of drug-likeness (QED) is 0.294. The highest BCUT2D eigenvalue weighted by molar-refractivity contribution is 5.98. The highest BCUT2D eigenvalue weighted by atomic mass is 19.2. The minimum atomic E-state index is -1.76. The summed E-state index contributed by atoms with van der Waals surface area (Å²) in [6.07, 6.45) is 2.61. The number of benzene rings is 2. The van der Waals surface area contributed by atoms with Gasteiger partial charge in [-0.1, -0.05) is 0 Å². The van der Waals surface area contributed by atoms with Crippen LogP contribution in [-0.2, 0) is 0 Å². The number of urea groups is 1. The topological polar surface area (TPSA) is 111 Å². The Bertz CT molecular complexity index is 1540.